The molecule has 1 atom stereocenters. The van der Waals surface area contributed by atoms with Gasteiger partial charge in [-0.15, -0.1) is 0 Å². The highest BCUT2D eigenvalue weighted by Gasteiger charge is 2.07. The second kappa shape index (κ2) is 5.46. The molecule has 1 amide bonds. The zero-order valence-corrected chi connectivity index (χ0v) is 9.77. The van der Waals surface area contributed by atoms with E-state index in [4.69, 9.17) is 0 Å². The first-order chi connectivity index (χ1) is 7.54. The van der Waals surface area contributed by atoms with E-state index in [0.29, 0.717) is 5.69 Å². The minimum atomic E-state index is -0.571. The number of pyridine rings is 1. The molecule has 0 radical (unpaired) electrons. The zero-order chi connectivity index (χ0) is 12.1. The minimum absolute atomic E-state index is 0.0536. The molecule has 0 aromatic carbocycles. The van der Waals surface area contributed by atoms with E-state index in [-0.39, 0.29) is 12.5 Å². The number of likely N-dealkylation sites (N-methyl/N-ethyl adjacent to an activating group) is 2. The molecular weight excluding hydrogens is 206 g/mol. The number of amides is 1. The molecule has 5 nitrogen and oxygen atoms in total. The number of nitrogens with one attached hydrogen (secondary N) is 1. The number of anilines is 1. The van der Waals surface area contributed by atoms with Crippen LogP contribution in [-0.2, 0) is 4.79 Å². The lowest BCUT2D eigenvalue weighted by atomic mass is 10.2. The predicted molar refractivity (Wildman–Crippen MR) is 62.2 cm³/mol. The second-order valence-corrected chi connectivity index (χ2v) is 3.65. The van der Waals surface area contributed by atoms with E-state index >= 15 is 0 Å². The third-order valence-corrected chi connectivity index (χ3v) is 2.30. The Morgan fingerprint density at radius 2 is 2.31 bits per heavy atom. The van der Waals surface area contributed by atoms with Crippen molar-refractivity contribution < 1.29 is 9.90 Å². The molecule has 0 bridgehead atoms. The summed E-state index contributed by atoms with van der Waals surface area (Å²) in [4.78, 5) is 17.1. The summed E-state index contributed by atoms with van der Waals surface area (Å²) >= 11 is 0. The highest BCUT2D eigenvalue weighted by atomic mass is 16.3. The van der Waals surface area contributed by atoms with Crippen molar-refractivity contribution in [1.29, 1.82) is 0 Å². The van der Waals surface area contributed by atoms with Crippen molar-refractivity contribution in [2.45, 2.75) is 13.0 Å². The molecule has 88 valence electrons. The molecule has 1 unspecified atom stereocenters. The average Bonchev–Trinajstić information content (AvgIpc) is 2.28. The molecule has 0 spiro atoms. The largest absolute Gasteiger partial charge is 0.387 e. The lowest BCUT2D eigenvalue weighted by Gasteiger charge is -2.18. The van der Waals surface area contributed by atoms with Crippen LogP contribution in [0.3, 0.4) is 0 Å². The summed E-state index contributed by atoms with van der Waals surface area (Å²) < 4.78 is 0. The average molecular weight is 223 g/mol. The topological polar surface area (TPSA) is 65.5 Å². The molecule has 0 aliphatic carbocycles. The van der Waals surface area contributed by atoms with Crippen LogP contribution in [0.4, 0.5) is 5.69 Å². The maximum absolute atomic E-state index is 11.2. The van der Waals surface area contributed by atoms with Gasteiger partial charge >= 0.3 is 0 Å². The molecule has 5 heteroatoms. The molecule has 2 N–H and O–H groups in total. The summed E-state index contributed by atoms with van der Waals surface area (Å²) in [5, 5.41) is 11.9. The Morgan fingerprint density at radius 1 is 1.62 bits per heavy atom. The Hall–Kier alpha value is -1.62. The smallest absolute Gasteiger partial charge is 0.239 e. The molecule has 1 aromatic rings. The van der Waals surface area contributed by atoms with Crippen molar-refractivity contribution in [2.24, 2.45) is 0 Å². The Labute approximate surface area is 95.1 Å². The van der Waals surface area contributed by atoms with Gasteiger partial charge in [0.1, 0.15) is 0 Å². The number of nitrogens with zero attached hydrogens (tertiary/aromatic N) is 2. The van der Waals surface area contributed by atoms with Gasteiger partial charge in [-0.1, -0.05) is 0 Å². The van der Waals surface area contributed by atoms with Crippen molar-refractivity contribution in [1.82, 2.24) is 10.3 Å². The maximum atomic E-state index is 11.2. The standard InChI is InChI=1S/C11H17N3O2/c1-8(15)10-5-4-9(6-13-10)14(3)7-11(16)12-2/h4-6,8,15H,7H2,1-3H3,(H,12,16). The van der Waals surface area contributed by atoms with Gasteiger partial charge in [0.25, 0.3) is 0 Å². The van der Waals surface area contributed by atoms with Gasteiger partial charge in [0, 0.05) is 14.1 Å². The molecule has 0 saturated heterocycles. The van der Waals surface area contributed by atoms with Gasteiger partial charge in [-0.05, 0) is 19.1 Å². The molecule has 1 aromatic heterocycles. The molecular formula is C11H17N3O2. The number of aliphatic hydroxyl groups is 1. The van der Waals surface area contributed by atoms with E-state index < -0.39 is 6.10 Å². The molecule has 16 heavy (non-hydrogen) atoms. The van der Waals surface area contributed by atoms with Crippen LogP contribution in [0.5, 0.6) is 0 Å². The van der Waals surface area contributed by atoms with Crippen LogP contribution in [0.1, 0.15) is 18.7 Å². The summed E-state index contributed by atoms with van der Waals surface area (Å²) in [7, 11) is 3.42. The fourth-order valence-electron chi connectivity index (χ4n) is 1.26. The Kier molecular flexibility index (Phi) is 4.25. The van der Waals surface area contributed by atoms with Crippen LogP contribution < -0.4 is 10.2 Å². The van der Waals surface area contributed by atoms with E-state index in [0.717, 1.165) is 5.69 Å². The van der Waals surface area contributed by atoms with Crippen molar-refractivity contribution in [3.8, 4) is 0 Å². The molecule has 1 rings (SSSR count). The summed E-state index contributed by atoms with van der Waals surface area (Å²) in [6, 6.07) is 3.58. The summed E-state index contributed by atoms with van der Waals surface area (Å²) in [5.41, 5.74) is 1.46. The number of aromatic nitrogens is 1. The summed E-state index contributed by atoms with van der Waals surface area (Å²) in [5.74, 6) is -0.0536. The summed E-state index contributed by atoms with van der Waals surface area (Å²) in [6.07, 6.45) is 1.07. The number of hydrogen-bond donors (Lipinski definition) is 2. The van der Waals surface area contributed by atoms with Gasteiger partial charge in [0.05, 0.1) is 30.2 Å². The van der Waals surface area contributed by atoms with Gasteiger partial charge in [-0.3, -0.25) is 9.78 Å². The quantitative estimate of drug-likeness (QED) is 0.771. The van der Waals surface area contributed by atoms with Crippen LogP contribution >= 0.6 is 0 Å². The van der Waals surface area contributed by atoms with Crippen molar-refractivity contribution >= 4 is 11.6 Å². The number of aliphatic hydroxyl groups excluding tert-OH is 1. The van der Waals surface area contributed by atoms with Gasteiger partial charge in [0.2, 0.25) is 5.91 Å². The third-order valence-electron chi connectivity index (χ3n) is 2.30. The van der Waals surface area contributed by atoms with E-state index in [1.807, 2.05) is 13.1 Å². The van der Waals surface area contributed by atoms with Crippen LogP contribution in [0.15, 0.2) is 18.3 Å². The Balaban J connectivity index is 2.70. The van der Waals surface area contributed by atoms with Crippen LogP contribution in [0.25, 0.3) is 0 Å². The number of rotatable bonds is 4. The minimum Gasteiger partial charge on any atom is -0.387 e. The second-order valence-electron chi connectivity index (χ2n) is 3.65. The van der Waals surface area contributed by atoms with E-state index in [1.54, 1.807) is 31.1 Å². The highest BCUT2D eigenvalue weighted by molar-refractivity contribution is 5.80. The zero-order valence-electron chi connectivity index (χ0n) is 9.77. The highest BCUT2D eigenvalue weighted by Crippen LogP contribution is 2.14. The van der Waals surface area contributed by atoms with E-state index in [9.17, 15) is 9.90 Å². The maximum Gasteiger partial charge on any atom is 0.239 e. The molecule has 0 aliphatic heterocycles. The Bertz CT molecular complexity index is 349. The van der Waals surface area contributed by atoms with Crippen molar-refractivity contribution in [3.63, 3.8) is 0 Å². The first-order valence-electron chi connectivity index (χ1n) is 5.10. The van der Waals surface area contributed by atoms with Gasteiger partial charge < -0.3 is 15.3 Å². The number of carbonyl (C=O) groups is 1. The molecule has 0 fully saturated rings. The van der Waals surface area contributed by atoms with E-state index in [1.165, 1.54) is 0 Å². The first kappa shape index (κ1) is 12.4. The fraction of sp³-hybridized carbons (Fsp3) is 0.455. The van der Waals surface area contributed by atoms with Crippen molar-refractivity contribution in [3.05, 3.63) is 24.0 Å². The SMILES string of the molecule is CNC(=O)CN(C)c1ccc(C(C)O)nc1. The normalized spacial score (nSPS) is 12.0. The molecule has 0 aliphatic rings. The van der Waals surface area contributed by atoms with E-state index in [2.05, 4.69) is 10.3 Å². The fourth-order valence-corrected chi connectivity index (χ4v) is 1.26. The summed E-state index contributed by atoms with van der Waals surface area (Å²) in [6.45, 7) is 1.95. The van der Waals surface area contributed by atoms with Gasteiger partial charge in [-0.25, -0.2) is 0 Å². The van der Waals surface area contributed by atoms with Crippen LogP contribution in [-0.4, -0.2) is 36.6 Å². The number of hydrogen-bond acceptors (Lipinski definition) is 4. The van der Waals surface area contributed by atoms with Crippen molar-refractivity contribution in [2.75, 3.05) is 25.5 Å². The molecule has 0 saturated carbocycles. The lowest BCUT2D eigenvalue weighted by molar-refractivity contribution is -0.119. The Morgan fingerprint density at radius 3 is 2.75 bits per heavy atom. The monoisotopic (exact) mass is 223 g/mol. The van der Waals surface area contributed by atoms with Gasteiger partial charge in [0.15, 0.2) is 0 Å². The number of carbonyl (C=O) groups excluding carboxylic acids is 1. The van der Waals surface area contributed by atoms with Gasteiger partial charge in [-0.2, -0.15) is 0 Å². The predicted octanol–water partition coefficient (Wildman–Crippen LogP) is 0.317. The van der Waals surface area contributed by atoms with Crippen LogP contribution in [0.2, 0.25) is 0 Å². The third kappa shape index (κ3) is 3.20. The molecule has 1 heterocycles. The van der Waals surface area contributed by atoms with Crippen LogP contribution in [0, 0.1) is 0 Å². The lowest BCUT2D eigenvalue weighted by Crippen LogP contribution is -2.32. The first-order valence-corrected chi connectivity index (χ1v) is 5.10.